The van der Waals surface area contributed by atoms with Crippen molar-refractivity contribution in [1.29, 1.82) is 0 Å². The molecule has 0 aliphatic heterocycles. The molecule has 1 amide bonds. The van der Waals surface area contributed by atoms with E-state index in [1.165, 1.54) is 12.1 Å². The predicted molar refractivity (Wildman–Crippen MR) is 73.0 cm³/mol. The molecule has 0 saturated heterocycles. The molecule has 5 nitrogen and oxygen atoms in total. The number of hydrogen-bond donors (Lipinski definition) is 1. The second-order valence-corrected chi connectivity index (χ2v) is 4.23. The Morgan fingerprint density at radius 1 is 1.48 bits per heavy atom. The van der Waals surface area contributed by atoms with Crippen molar-refractivity contribution >= 4 is 22.8 Å². The van der Waals surface area contributed by atoms with Gasteiger partial charge in [0.1, 0.15) is 0 Å². The minimum Gasteiger partial charge on any atom is -0.450 e. The Balaban J connectivity index is 2.13. The summed E-state index contributed by atoms with van der Waals surface area (Å²) in [4.78, 5) is 23.1. The summed E-state index contributed by atoms with van der Waals surface area (Å²) in [5.41, 5.74) is 0.442. The van der Waals surface area contributed by atoms with Crippen LogP contribution in [0.1, 0.15) is 16.1 Å². The summed E-state index contributed by atoms with van der Waals surface area (Å²) >= 11 is 0. The van der Waals surface area contributed by atoms with E-state index in [0.29, 0.717) is 10.9 Å². The van der Waals surface area contributed by atoms with Gasteiger partial charge in [-0.15, -0.1) is 6.42 Å². The number of aryl methyl sites for hydroxylation is 1. The highest BCUT2D eigenvalue weighted by atomic mass is 19.1. The van der Waals surface area contributed by atoms with Crippen LogP contribution in [-0.4, -0.2) is 25.0 Å². The molecule has 1 N–H and O–H groups in total. The first-order valence-electron chi connectivity index (χ1n) is 6.09. The molecule has 1 heterocycles. The Bertz CT molecular complexity index is 742. The van der Waals surface area contributed by atoms with Gasteiger partial charge < -0.3 is 14.5 Å². The number of carbonyl (C=O) groups excluding carboxylic acids is 2. The zero-order valence-electron chi connectivity index (χ0n) is 11.2. The van der Waals surface area contributed by atoms with E-state index in [9.17, 15) is 14.0 Å². The number of nitrogens with one attached hydrogen (secondary N) is 1. The number of rotatable bonds is 4. The van der Waals surface area contributed by atoms with Gasteiger partial charge in [-0.2, -0.15) is 0 Å². The molecule has 0 aliphatic rings. The second-order valence-electron chi connectivity index (χ2n) is 4.23. The topological polar surface area (TPSA) is 68.5 Å². The van der Waals surface area contributed by atoms with E-state index < -0.39 is 24.3 Å². The van der Waals surface area contributed by atoms with Gasteiger partial charge in [0.25, 0.3) is 5.91 Å². The largest absolute Gasteiger partial charge is 0.450 e. The number of terminal acetylenes is 1. The maximum absolute atomic E-state index is 13.6. The Hall–Kier alpha value is -2.81. The zero-order valence-corrected chi connectivity index (χ0v) is 11.2. The van der Waals surface area contributed by atoms with Crippen LogP contribution in [0, 0.1) is 25.1 Å². The minimum absolute atomic E-state index is 0.0151. The lowest BCUT2D eigenvalue weighted by Gasteiger charge is -2.03. The second kappa shape index (κ2) is 6.09. The fourth-order valence-electron chi connectivity index (χ4n) is 1.80. The van der Waals surface area contributed by atoms with Crippen molar-refractivity contribution < 1.29 is 23.1 Å². The summed E-state index contributed by atoms with van der Waals surface area (Å²) in [6.07, 6.45) is 4.98. The van der Waals surface area contributed by atoms with Crippen LogP contribution in [0.15, 0.2) is 22.6 Å². The molecular weight excluding hydrogens is 277 g/mol. The number of halogens is 1. The lowest BCUT2D eigenvalue weighted by Crippen LogP contribution is -2.29. The van der Waals surface area contributed by atoms with Gasteiger partial charge in [0.2, 0.25) is 5.76 Å². The highest BCUT2D eigenvalue weighted by Gasteiger charge is 2.21. The van der Waals surface area contributed by atoms with Gasteiger partial charge in [0.05, 0.1) is 6.54 Å². The molecule has 1 aromatic carbocycles. The van der Waals surface area contributed by atoms with Gasteiger partial charge in [-0.05, 0) is 13.0 Å². The maximum atomic E-state index is 13.6. The molecule has 0 saturated carbocycles. The molecule has 6 heteroatoms. The summed E-state index contributed by atoms with van der Waals surface area (Å²) in [6, 6.07) is 4.38. The molecule has 0 spiro atoms. The average molecular weight is 289 g/mol. The number of carbonyl (C=O) groups is 2. The third kappa shape index (κ3) is 3.03. The molecule has 0 atom stereocenters. The van der Waals surface area contributed by atoms with Gasteiger partial charge in [-0.25, -0.2) is 9.18 Å². The first kappa shape index (κ1) is 14.6. The minimum atomic E-state index is -0.834. The molecule has 0 unspecified atom stereocenters. The van der Waals surface area contributed by atoms with Gasteiger partial charge in [-0.3, -0.25) is 4.79 Å². The summed E-state index contributed by atoms with van der Waals surface area (Å²) in [5, 5.41) is 2.83. The average Bonchev–Trinajstić information content (AvgIpc) is 2.81. The maximum Gasteiger partial charge on any atom is 0.375 e. The smallest absolute Gasteiger partial charge is 0.375 e. The normalized spacial score (nSPS) is 10.1. The van der Waals surface area contributed by atoms with E-state index >= 15 is 0 Å². The fraction of sp³-hybridized carbons (Fsp3) is 0.200. The molecule has 0 radical (unpaired) electrons. The molecule has 0 aliphatic carbocycles. The first-order chi connectivity index (χ1) is 10.0. The zero-order chi connectivity index (χ0) is 15.4. The Kier molecular flexibility index (Phi) is 4.24. The molecule has 21 heavy (non-hydrogen) atoms. The van der Waals surface area contributed by atoms with Crippen LogP contribution in [0.2, 0.25) is 0 Å². The Morgan fingerprint density at radius 2 is 2.24 bits per heavy atom. The van der Waals surface area contributed by atoms with E-state index in [4.69, 9.17) is 15.6 Å². The van der Waals surface area contributed by atoms with Crippen molar-refractivity contribution in [3.63, 3.8) is 0 Å². The third-order valence-corrected chi connectivity index (χ3v) is 2.82. The van der Waals surface area contributed by atoms with Crippen LogP contribution in [0.3, 0.4) is 0 Å². The Morgan fingerprint density at radius 3 is 2.90 bits per heavy atom. The van der Waals surface area contributed by atoms with Crippen molar-refractivity contribution in [3.05, 3.63) is 35.3 Å². The lowest BCUT2D eigenvalue weighted by molar-refractivity contribution is -0.124. The number of fused-ring (bicyclic) bond motifs is 1. The third-order valence-electron chi connectivity index (χ3n) is 2.82. The quantitative estimate of drug-likeness (QED) is 0.688. The van der Waals surface area contributed by atoms with Gasteiger partial charge >= 0.3 is 5.97 Å². The first-order valence-corrected chi connectivity index (χ1v) is 6.09. The van der Waals surface area contributed by atoms with Crippen molar-refractivity contribution in [2.45, 2.75) is 6.92 Å². The van der Waals surface area contributed by atoms with E-state index in [1.54, 1.807) is 13.0 Å². The van der Waals surface area contributed by atoms with Crippen LogP contribution in [0.4, 0.5) is 4.39 Å². The number of furan rings is 1. The summed E-state index contributed by atoms with van der Waals surface area (Å²) in [7, 11) is 0. The molecular formula is C15H12FNO4. The van der Waals surface area contributed by atoms with Gasteiger partial charge in [0.15, 0.2) is 18.0 Å². The highest BCUT2D eigenvalue weighted by Crippen LogP contribution is 2.27. The van der Waals surface area contributed by atoms with Crippen molar-refractivity contribution in [2.75, 3.05) is 13.2 Å². The van der Waals surface area contributed by atoms with Crippen LogP contribution in [0.25, 0.3) is 11.0 Å². The van der Waals surface area contributed by atoms with E-state index in [0.717, 1.165) is 0 Å². The molecule has 1 aromatic heterocycles. The number of ether oxygens (including phenoxy) is 1. The summed E-state index contributed by atoms with van der Waals surface area (Å²) in [6.45, 7) is 1.17. The van der Waals surface area contributed by atoms with Crippen molar-refractivity contribution in [3.8, 4) is 12.3 Å². The van der Waals surface area contributed by atoms with Crippen molar-refractivity contribution in [1.82, 2.24) is 5.32 Å². The molecule has 108 valence electrons. The molecule has 2 rings (SSSR count). The SMILES string of the molecule is C#CCNC(=O)COC(=O)c1oc2c(F)cccc2c1C. The number of para-hydroxylation sites is 1. The fourth-order valence-corrected chi connectivity index (χ4v) is 1.80. The molecule has 0 bridgehead atoms. The van der Waals surface area contributed by atoms with E-state index in [1.807, 2.05) is 0 Å². The number of amides is 1. The molecule has 2 aromatic rings. The molecule has 0 fully saturated rings. The monoisotopic (exact) mass is 289 g/mol. The number of benzene rings is 1. The van der Waals surface area contributed by atoms with Gasteiger partial charge in [-0.1, -0.05) is 18.1 Å². The highest BCUT2D eigenvalue weighted by molar-refractivity contribution is 5.96. The van der Waals surface area contributed by atoms with Crippen LogP contribution < -0.4 is 5.32 Å². The van der Waals surface area contributed by atoms with Gasteiger partial charge in [0, 0.05) is 10.9 Å². The van der Waals surface area contributed by atoms with Crippen LogP contribution in [0.5, 0.6) is 0 Å². The Labute approximate surface area is 120 Å². The van der Waals surface area contributed by atoms with Crippen LogP contribution >= 0.6 is 0 Å². The predicted octanol–water partition coefficient (Wildman–Crippen LogP) is 1.79. The van der Waals surface area contributed by atoms with Crippen molar-refractivity contribution in [2.24, 2.45) is 0 Å². The number of hydrogen-bond acceptors (Lipinski definition) is 4. The van der Waals surface area contributed by atoms with E-state index in [2.05, 4.69) is 11.2 Å². The van der Waals surface area contributed by atoms with E-state index in [-0.39, 0.29) is 17.9 Å². The number of esters is 1. The van der Waals surface area contributed by atoms with Crippen LogP contribution in [-0.2, 0) is 9.53 Å². The summed E-state index contributed by atoms with van der Waals surface area (Å²) in [5.74, 6) is 0.164. The lowest BCUT2D eigenvalue weighted by atomic mass is 10.1. The standard InChI is InChI=1S/C15H12FNO4/c1-3-7-17-12(18)8-20-15(19)13-9(2)10-5-4-6-11(16)14(10)21-13/h1,4-6H,7-8H2,2H3,(H,17,18). The summed E-state index contributed by atoms with van der Waals surface area (Å²) < 4.78 is 23.6.